The molecule has 0 saturated carbocycles. The molecule has 0 bridgehead atoms. The van der Waals surface area contributed by atoms with Gasteiger partial charge in [-0.25, -0.2) is 4.39 Å². The van der Waals surface area contributed by atoms with Gasteiger partial charge in [0.1, 0.15) is 5.82 Å². The number of rotatable bonds is 4. The molecule has 0 radical (unpaired) electrons. The Balaban J connectivity index is 1.88. The Bertz CT molecular complexity index is 608. The Labute approximate surface area is 126 Å². The van der Waals surface area contributed by atoms with Crippen LogP contribution in [0.1, 0.15) is 36.1 Å². The maximum absolute atomic E-state index is 14.2. The van der Waals surface area contributed by atoms with Gasteiger partial charge in [0, 0.05) is 11.6 Å². The molecule has 1 nitrogen and oxygen atoms in total. The Morgan fingerprint density at radius 2 is 1.81 bits per heavy atom. The van der Waals surface area contributed by atoms with Crippen LogP contribution in [-0.2, 0) is 12.8 Å². The Hall–Kier alpha value is -1.67. The van der Waals surface area contributed by atoms with Crippen LogP contribution < -0.4 is 5.32 Å². The van der Waals surface area contributed by atoms with Crippen LogP contribution in [0.5, 0.6) is 0 Å². The van der Waals surface area contributed by atoms with E-state index >= 15 is 0 Å². The lowest BCUT2D eigenvalue weighted by Crippen LogP contribution is -2.32. The van der Waals surface area contributed by atoms with Crippen LogP contribution in [0.4, 0.5) is 4.39 Å². The maximum atomic E-state index is 14.2. The third-order valence-corrected chi connectivity index (χ3v) is 4.52. The van der Waals surface area contributed by atoms with E-state index in [1.54, 1.807) is 12.1 Å². The van der Waals surface area contributed by atoms with E-state index in [1.165, 1.54) is 11.1 Å². The first-order valence-corrected chi connectivity index (χ1v) is 7.84. The zero-order chi connectivity index (χ0) is 14.7. The summed E-state index contributed by atoms with van der Waals surface area (Å²) in [6.07, 6.45) is 3.24. The molecule has 0 amide bonds. The van der Waals surface area contributed by atoms with Gasteiger partial charge in [-0.05, 0) is 48.9 Å². The molecule has 0 spiro atoms. The summed E-state index contributed by atoms with van der Waals surface area (Å²) in [7, 11) is 0. The molecule has 3 rings (SSSR count). The van der Waals surface area contributed by atoms with Crippen molar-refractivity contribution < 1.29 is 4.39 Å². The predicted molar refractivity (Wildman–Crippen MR) is 84.8 cm³/mol. The average Bonchev–Trinajstić information content (AvgIpc) is 2.53. The van der Waals surface area contributed by atoms with Gasteiger partial charge in [0.15, 0.2) is 0 Å². The number of halogens is 1. The molecule has 21 heavy (non-hydrogen) atoms. The third kappa shape index (κ3) is 3.01. The van der Waals surface area contributed by atoms with Crippen molar-refractivity contribution in [2.75, 3.05) is 6.54 Å². The predicted octanol–water partition coefficient (Wildman–Crippen LogP) is 4.28. The molecule has 0 aliphatic heterocycles. The van der Waals surface area contributed by atoms with Crippen molar-refractivity contribution in [1.29, 1.82) is 0 Å². The van der Waals surface area contributed by atoms with Crippen LogP contribution in [0.2, 0.25) is 0 Å². The summed E-state index contributed by atoms with van der Waals surface area (Å²) in [5.41, 5.74) is 3.69. The van der Waals surface area contributed by atoms with E-state index < -0.39 is 0 Å². The Morgan fingerprint density at radius 3 is 2.57 bits per heavy atom. The molecule has 110 valence electrons. The standard InChI is InChI=1S/C19H22FN/c1-2-21-19(17-9-5-6-10-18(17)20)16-12-11-14-7-3-4-8-15(14)13-16/h3-10,16,19,21H,2,11-13H2,1H3. The highest BCUT2D eigenvalue weighted by Gasteiger charge is 2.28. The van der Waals surface area contributed by atoms with Gasteiger partial charge in [0.05, 0.1) is 0 Å². The van der Waals surface area contributed by atoms with Crippen molar-refractivity contribution in [2.45, 2.75) is 32.2 Å². The summed E-state index contributed by atoms with van der Waals surface area (Å²) in [5, 5.41) is 3.50. The Kier molecular flexibility index (Phi) is 4.35. The van der Waals surface area contributed by atoms with Gasteiger partial charge in [-0.3, -0.25) is 0 Å². The SMILES string of the molecule is CCNC(c1ccccc1F)C1CCc2ccccc2C1. The minimum Gasteiger partial charge on any atom is -0.310 e. The van der Waals surface area contributed by atoms with Crippen molar-refractivity contribution >= 4 is 0 Å². The van der Waals surface area contributed by atoms with Crippen LogP contribution in [-0.4, -0.2) is 6.54 Å². The van der Waals surface area contributed by atoms with E-state index in [4.69, 9.17) is 0 Å². The molecule has 0 saturated heterocycles. The first-order valence-electron chi connectivity index (χ1n) is 7.84. The molecule has 0 aromatic heterocycles. The van der Waals surface area contributed by atoms with Crippen LogP contribution in [0.3, 0.4) is 0 Å². The maximum Gasteiger partial charge on any atom is 0.127 e. The van der Waals surface area contributed by atoms with Gasteiger partial charge in [-0.2, -0.15) is 0 Å². The lowest BCUT2D eigenvalue weighted by Gasteiger charge is -2.32. The second kappa shape index (κ2) is 6.40. The second-order valence-electron chi connectivity index (χ2n) is 5.83. The summed E-state index contributed by atoms with van der Waals surface area (Å²) in [4.78, 5) is 0. The number of fused-ring (bicyclic) bond motifs is 1. The molecular formula is C19H22FN. The number of hydrogen-bond acceptors (Lipinski definition) is 1. The quantitative estimate of drug-likeness (QED) is 0.883. The lowest BCUT2D eigenvalue weighted by molar-refractivity contribution is 0.323. The molecule has 2 aromatic carbocycles. The van der Waals surface area contributed by atoms with Crippen molar-refractivity contribution in [3.8, 4) is 0 Å². The fraction of sp³-hybridized carbons (Fsp3) is 0.368. The van der Waals surface area contributed by atoms with E-state index in [2.05, 4.69) is 36.5 Å². The van der Waals surface area contributed by atoms with Crippen molar-refractivity contribution in [3.63, 3.8) is 0 Å². The largest absolute Gasteiger partial charge is 0.310 e. The van der Waals surface area contributed by atoms with Crippen LogP contribution in [0.15, 0.2) is 48.5 Å². The fourth-order valence-electron chi connectivity index (χ4n) is 3.49. The zero-order valence-electron chi connectivity index (χ0n) is 12.5. The average molecular weight is 283 g/mol. The van der Waals surface area contributed by atoms with Crippen LogP contribution >= 0.6 is 0 Å². The molecule has 2 aromatic rings. The van der Waals surface area contributed by atoms with Gasteiger partial charge in [-0.1, -0.05) is 49.4 Å². The first kappa shape index (κ1) is 14.3. The number of nitrogens with one attached hydrogen (secondary N) is 1. The summed E-state index contributed by atoms with van der Waals surface area (Å²) in [5.74, 6) is 0.360. The molecule has 0 heterocycles. The minimum absolute atomic E-state index is 0.0951. The van der Waals surface area contributed by atoms with Crippen LogP contribution in [0.25, 0.3) is 0 Å². The summed E-state index contributed by atoms with van der Waals surface area (Å²) >= 11 is 0. The van der Waals surface area contributed by atoms with Gasteiger partial charge < -0.3 is 5.32 Å². The molecule has 1 aliphatic carbocycles. The van der Waals surface area contributed by atoms with Crippen molar-refractivity contribution in [3.05, 3.63) is 71.0 Å². The molecule has 2 unspecified atom stereocenters. The molecule has 2 heteroatoms. The summed E-state index contributed by atoms with van der Waals surface area (Å²) < 4.78 is 14.2. The topological polar surface area (TPSA) is 12.0 Å². The smallest absolute Gasteiger partial charge is 0.127 e. The third-order valence-electron chi connectivity index (χ3n) is 4.52. The Morgan fingerprint density at radius 1 is 1.10 bits per heavy atom. The van der Waals surface area contributed by atoms with Crippen LogP contribution in [0, 0.1) is 11.7 Å². The molecule has 0 fully saturated rings. The van der Waals surface area contributed by atoms with Gasteiger partial charge in [0.25, 0.3) is 0 Å². The highest BCUT2D eigenvalue weighted by molar-refractivity contribution is 5.31. The van der Waals surface area contributed by atoms with E-state index in [-0.39, 0.29) is 11.9 Å². The first-order chi connectivity index (χ1) is 10.3. The monoisotopic (exact) mass is 283 g/mol. The fourth-order valence-corrected chi connectivity index (χ4v) is 3.49. The molecular weight excluding hydrogens is 261 g/mol. The molecule has 1 N–H and O–H groups in total. The van der Waals surface area contributed by atoms with Gasteiger partial charge in [-0.15, -0.1) is 0 Å². The summed E-state index contributed by atoms with van der Waals surface area (Å²) in [6, 6.07) is 15.9. The minimum atomic E-state index is -0.0951. The van der Waals surface area contributed by atoms with E-state index in [9.17, 15) is 4.39 Å². The molecule has 2 atom stereocenters. The number of hydrogen-bond donors (Lipinski definition) is 1. The highest BCUT2D eigenvalue weighted by Crippen LogP contribution is 2.35. The van der Waals surface area contributed by atoms with Crippen molar-refractivity contribution in [1.82, 2.24) is 5.32 Å². The van der Waals surface area contributed by atoms with E-state index in [0.717, 1.165) is 31.4 Å². The second-order valence-corrected chi connectivity index (χ2v) is 5.83. The van der Waals surface area contributed by atoms with Gasteiger partial charge >= 0.3 is 0 Å². The number of benzene rings is 2. The normalized spacial score (nSPS) is 19.0. The lowest BCUT2D eigenvalue weighted by atomic mass is 9.78. The zero-order valence-corrected chi connectivity index (χ0v) is 12.5. The summed E-state index contributed by atoms with van der Waals surface area (Å²) in [6.45, 7) is 2.95. The molecule has 1 aliphatic rings. The van der Waals surface area contributed by atoms with Gasteiger partial charge in [0.2, 0.25) is 0 Å². The van der Waals surface area contributed by atoms with E-state index in [1.807, 2.05) is 12.1 Å². The van der Waals surface area contributed by atoms with E-state index in [0.29, 0.717) is 5.92 Å². The van der Waals surface area contributed by atoms with Crippen molar-refractivity contribution in [2.24, 2.45) is 5.92 Å². The highest BCUT2D eigenvalue weighted by atomic mass is 19.1. The number of aryl methyl sites for hydroxylation is 1.